The van der Waals surface area contributed by atoms with Crippen LogP contribution in [0.4, 0.5) is 0 Å². The van der Waals surface area contributed by atoms with Crippen molar-refractivity contribution >= 4 is 23.2 Å². The zero-order chi connectivity index (χ0) is 10.0. The molecular formula is C9H11Cl2NO. The van der Waals surface area contributed by atoms with Gasteiger partial charge >= 0.3 is 0 Å². The first-order chi connectivity index (χ1) is 6.00. The van der Waals surface area contributed by atoms with Gasteiger partial charge in [0.2, 0.25) is 0 Å². The van der Waals surface area contributed by atoms with Gasteiger partial charge in [0.15, 0.2) is 0 Å². The topological polar surface area (TPSA) is 22.0 Å². The highest BCUT2D eigenvalue weighted by atomic mass is 35.5. The molecule has 0 unspecified atom stereocenters. The summed E-state index contributed by atoms with van der Waals surface area (Å²) in [5, 5.41) is 0.665. The highest BCUT2D eigenvalue weighted by Gasteiger charge is 2.04. The van der Waals surface area contributed by atoms with Crippen molar-refractivity contribution in [2.45, 2.75) is 20.4 Å². The van der Waals surface area contributed by atoms with Crippen molar-refractivity contribution in [2.75, 3.05) is 0 Å². The Hall–Kier alpha value is -0.470. The molecule has 0 N–H and O–H groups in total. The van der Waals surface area contributed by atoms with Crippen LogP contribution in [0.1, 0.15) is 13.8 Å². The monoisotopic (exact) mass is 219 g/mol. The number of hydrogen-bond donors (Lipinski definition) is 0. The van der Waals surface area contributed by atoms with Gasteiger partial charge in [0, 0.05) is 12.7 Å². The predicted molar refractivity (Wildman–Crippen MR) is 55.6 cm³/mol. The molecule has 0 aliphatic carbocycles. The summed E-state index contributed by atoms with van der Waals surface area (Å²) < 4.78 is 1.54. The van der Waals surface area contributed by atoms with E-state index < -0.39 is 0 Å². The van der Waals surface area contributed by atoms with Crippen LogP contribution in [-0.2, 0) is 6.54 Å². The van der Waals surface area contributed by atoms with Gasteiger partial charge in [0.25, 0.3) is 5.56 Å². The Morgan fingerprint density at radius 2 is 2.08 bits per heavy atom. The molecule has 0 fully saturated rings. The second kappa shape index (κ2) is 4.16. The minimum absolute atomic E-state index is 0.174. The summed E-state index contributed by atoms with van der Waals surface area (Å²) in [5.74, 6) is 0.396. The van der Waals surface area contributed by atoms with Crippen LogP contribution < -0.4 is 5.56 Å². The molecule has 13 heavy (non-hydrogen) atoms. The summed E-state index contributed by atoms with van der Waals surface area (Å²) in [4.78, 5) is 11.4. The molecule has 0 aromatic carbocycles. The first-order valence-electron chi connectivity index (χ1n) is 4.06. The lowest BCUT2D eigenvalue weighted by atomic mass is 10.2. The molecule has 1 heterocycles. The lowest BCUT2D eigenvalue weighted by Gasteiger charge is -2.08. The SMILES string of the molecule is CC(C)Cn1cc(Cl)cc(Cl)c1=O. The molecular weight excluding hydrogens is 209 g/mol. The van der Waals surface area contributed by atoms with Gasteiger partial charge in [-0.15, -0.1) is 0 Å². The maximum Gasteiger partial charge on any atom is 0.269 e. The van der Waals surface area contributed by atoms with Crippen molar-refractivity contribution in [2.24, 2.45) is 5.92 Å². The first kappa shape index (κ1) is 10.6. The van der Waals surface area contributed by atoms with Crippen LogP contribution in [0.15, 0.2) is 17.1 Å². The van der Waals surface area contributed by atoms with E-state index >= 15 is 0 Å². The molecule has 0 bridgehead atoms. The van der Waals surface area contributed by atoms with Gasteiger partial charge in [0.05, 0.1) is 5.02 Å². The number of pyridine rings is 1. The Bertz CT molecular complexity index is 357. The van der Waals surface area contributed by atoms with Crippen LogP contribution in [0.3, 0.4) is 0 Å². The smallest absolute Gasteiger partial charge is 0.269 e. The van der Waals surface area contributed by atoms with E-state index in [9.17, 15) is 4.79 Å². The highest BCUT2D eigenvalue weighted by molar-refractivity contribution is 6.34. The van der Waals surface area contributed by atoms with E-state index in [1.807, 2.05) is 13.8 Å². The van der Waals surface area contributed by atoms with E-state index in [-0.39, 0.29) is 10.6 Å². The standard InChI is InChI=1S/C9H11Cl2NO/c1-6(2)4-12-5-7(10)3-8(11)9(12)13/h3,5-6H,4H2,1-2H3. The van der Waals surface area contributed by atoms with Crippen molar-refractivity contribution in [3.05, 3.63) is 32.7 Å². The molecule has 0 atom stereocenters. The number of halogens is 2. The van der Waals surface area contributed by atoms with E-state index in [1.165, 1.54) is 10.6 Å². The summed E-state index contributed by atoms with van der Waals surface area (Å²) in [6.45, 7) is 4.70. The fourth-order valence-electron chi connectivity index (χ4n) is 1.09. The Morgan fingerprint density at radius 3 is 2.62 bits per heavy atom. The fraction of sp³-hybridized carbons (Fsp3) is 0.444. The third-order valence-corrected chi connectivity index (χ3v) is 2.05. The van der Waals surface area contributed by atoms with E-state index in [1.54, 1.807) is 6.20 Å². The molecule has 0 saturated heterocycles. The average Bonchev–Trinajstić information content (AvgIpc) is 1.98. The Kier molecular flexibility index (Phi) is 3.40. The molecule has 1 aromatic heterocycles. The van der Waals surface area contributed by atoms with Gasteiger partial charge in [0.1, 0.15) is 5.02 Å². The fourth-order valence-corrected chi connectivity index (χ4v) is 1.60. The van der Waals surface area contributed by atoms with Gasteiger partial charge < -0.3 is 4.57 Å². The largest absolute Gasteiger partial charge is 0.313 e. The number of nitrogens with zero attached hydrogens (tertiary/aromatic N) is 1. The summed E-state index contributed by atoms with van der Waals surface area (Å²) in [6.07, 6.45) is 1.61. The highest BCUT2D eigenvalue weighted by Crippen LogP contribution is 2.11. The van der Waals surface area contributed by atoms with Crippen LogP contribution in [0.2, 0.25) is 10.0 Å². The van der Waals surface area contributed by atoms with Gasteiger partial charge in [-0.2, -0.15) is 0 Å². The van der Waals surface area contributed by atoms with Crippen molar-refractivity contribution in [1.82, 2.24) is 4.57 Å². The molecule has 0 spiro atoms. The Morgan fingerprint density at radius 1 is 1.46 bits per heavy atom. The number of hydrogen-bond acceptors (Lipinski definition) is 1. The summed E-state index contributed by atoms with van der Waals surface area (Å²) in [5.41, 5.74) is -0.181. The zero-order valence-electron chi connectivity index (χ0n) is 7.55. The van der Waals surface area contributed by atoms with Crippen LogP contribution >= 0.6 is 23.2 Å². The molecule has 0 saturated carbocycles. The first-order valence-corrected chi connectivity index (χ1v) is 4.82. The van der Waals surface area contributed by atoms with Crippen LogP contribution in [-0.4, -0.2) is 4.57 Å². The summed E-state index contributed by atoms with van der Waals surface area (Å²) >= 11 is 11.4. The molecule has 0 amide bonds. The van der Waals surface area contributed by atoms with Crippen molar-refractivity contribution in [3.8, 4) is 0 Å². The van der Waals surface area contributed by atoms with E-state index in [4.69, 9.17) is 23.2 Å². The normalized spacial score (nSPS) is 10.8. The maximum atomic E-state index is 11.4. The molecule has 4 heteroatoms. The second-order valence-electron chi connectivity index (χ2n) is 3.36. The Labute approximate surface area is 87.1 Å². The zero-order valence-corrected chi connectivity index (χ0v) is 9.06. The van der Waals surface area contributed by atoms with Crippen LogP contribution in [0, 0.1) is 5.92 Å². The van der Waals surface area contributed by atoms with Gasteiger partial charge in [-0.3, -0.25) is 4.79 Å². The number of aromatic nitrogens is 1. The minimum Gasteiger partial charge on any atom is -0.313 e. The van der Waals surface area contributed by atoms with Crippen LogP contribution in [0.25, 0.3) is 0 Å². The van der Waals surface area contributed by atoms with Crippen molar-refractivity contribution in [3.63, 3.8) is 0 Å². The minimum atomic E-state index is -0.181. The molecule has 0 radical (unpaired) electrons. The predicted octanol–water partition coefficient (Wildman–Crippen LogP) is 2.81. The lowest BCUT2D eigenvalue weighted by Crippen LogP contribution is -2.22. The van der Waals surface area contributed by atoms with Crippen LogP contribution in [0.5, 0.6) is 0 Å². The number of rotatable bonds is 2. The average molecular weight is 220 g/mol. The van der Waals surface area contributed by atoms with E-state index in [2.05, 4.69) is 0 Å². The van der Waals surface area contributed by atoms with E-state index in [0.29, 0.717) is 17.5 Å². The van der Waals surface area contributed by atoms with Crippen molar-refractivity contribution in [1.29, 1.82) is 0 Å². The van der Waals surface area contributed by atoms with Gasteiger partial charge in [-0.25, -0.2) is 0 Å². The van der Waals surface area contributed by atoms with Gasteiger partial charge in [-0.05, 0) is 12.0 Å². The third kappa shape index (κ3) is 2.75. The van der Waals surface area contributed by atoms with Crippen molar-refractivity contribution < 1.29 is 0 Å². The molecule has 1 aromatic rings. The molecule has 0 aliphatic rings. The van der Waals surface area contributed by atoms with E-state index in [0.717, 1.165) is 0 Å². The second-order valence-corrected chi connectivity index (χ2v) is 4.20. The third-order valence-electron chi connectivity index (χ3n) is 1.57. The molecule has 72 valence electrons. The Balaban J connectivity index is 3.13. The molecule has 0 aliphatic heterocycles. The molecule has 1 rings (SSSR count). The lowest BCUT2D eigenvalue weighted by molar-refractivity contribution is 0.511. The summed E-state index contributed by atoms with van der Waals surface area (Å²) in [6, 6.07) is 1.46. The summed E-state index contributed by atoms with van der Waals surface area (Å²) in [7, 11) is 0. The quantitative estimate of drug-likeness (QED) is 0.751. The van der Waals surface area contributed by atoms with Gasteiger partial charge in [-0.1, -0.05) is 37.0 Å². The maximum absolute atomic E-state index is 11.4. The molecule has 2 nitrogen and oxygen atoms in total.